The monoisotopic (exact) mass is 338 g/mol. The van der Waals surface area contributed by atoms with Gasteiger partial charge in [0.1, 0.15) is 11.6 Å². The van der Waals surface area contributed by atoms with Crippen LogP contribution < -0.4 is 0 Å². The van der Waals surface area contributed by atoms with Crippen molar-refractivity contribution in [3.05, 3.63) is 65.2 Å². The highest BCUT2D eigenvalue weighted by Crippen LogP contribution is 2.41. The molecule has 1 aliphatic rings. The third-order valence-electron chi connectivity index (χ3n) is 4.52. The highest BCUT2D eigenvalue weighted by atomic mass is 19.1. The molecule has 0 unspecified atom stereocenters. The maximum Gasteiger partial charge on any atom is 0.338 e. The van der Waals surface area contributed by atoms with Crippen LogP contribution in [0.15, 0.2) is 42.5 Å². The third kappa shape index (κ3) is 3.02. The van der Waals surface area contributed by atoms with E-state index in [1.165, 1.54) is 6.07 Å². The molecule has 0 saturated heterocycles. The minimum absolute atomic E-state index is 0.229. The number of fused-ring (bicyclic) bond motifs is 1. The molecule has 5 heteroatoms. The van der Waals surface area contributed by atoms with Crippen molar-refractivity contribution in [2.75, 3.05) is 6.61 Å². The number of carbonyl (C=O) groups is 1. The molecule has 1 aromatic heterocycles. The first kappa shape index (κ1) is 15.8. The van der Waals surface area contributed by atoms with Gasteiger partial charge in [-0.2, -0.15) is 0 Å². The maximum absolute atomic E-state index is 14.1. The summed E-state index contributed by atoms with van der Waals surface area (Å²) in [5.74, 6) is 0.813. The summed E-state index contributed by atoms with van der Waals surface area (Å²) >= 11 is 0. The number of carbonyl (C=O) groups excluding carboxylic acids is 1. The third-order valence-corrected chi connectivity index (χ3v) is 4.52. The Bertz CT molecular complexity index is 944. The smallest absolute Gasteiger partial charge is 0.338 e. The Kier molecular flexibility index (Phi) is 3.99. The number of halogens is 1. The Morgan fingerprint density at radius 1 is 1.28 bits per heavy atom. The van der Waals surface area contributed by atoms with Gasteiger partial charge in [0.05, 0.1) is 29.7 Å². The Labute approximate surface area is 145 Å². The Hall–Kier alpha value is -2.69. The Morgan fingerprint density at radius 2 is 2.08 bits per heavy atom. The molecule has 4 rings (SSSR count). The van der Waals surface area contributed by atoms with E-state index in [4.69, 9.17) is 9.72 Å². The van der Waals surface area contributed by atoms with Gasteiger partial charge in [-0.15, -0.1) is 0 Å². The highest BCUT2D eigenvalue weighted by Gasteiger charge is 2.30. The zero-order valence-electron chi connectivity index (χ0n) is 14.0. The number of benzene rings is 2. The van der Waals surface area contributed by atoms with Crippen LogP contribution in [-0.2, 0) is 11.3 Å². The zero-order chi connectivity index (χ0) is 17.4. The lowest BCUT2D eigenvalue weighted by atomic mass is 10.1. The molecule has 0 radical (unpaired) electrons. The summed E-state index contributed by atoms with van der Waals surface area (Å²) in [5, 5.41) is 0. The van der Waals surface area contributed by atoms with Crippen molar-refractivity contribution in [1.29, 1.82) is 0 Å². The number of hydrogen-bond acceptors (Lipinski definition) is 3. The predicted octanol–water partition coefficient (Wildman–Crippen LogP) is 4.28. The van der Waals surface area contributed by atoms with E-state index in [0.717, 1.165) is 29.7 Å². The summed E-state index contributed by atoms with van der Waals surface area (Å²) in [6.45, 7) is 2.52. The lowest BCUT2D eigenvalue weighted by molar-refractivity contribution is 0.0526. The van der Waals surface area contributed by atoms with Crippen LogP contribution in [0.5, 0.6) is 0 Å². The first-order chi connectivity index (χ1) is 12.2. The topological polar surface area (TPSA) is 44.1 Å². The van der Waals surface area contributed by atoms with Crippen molar-refractivity contribution in [3.63, 3.8) is 0 Å². The van der Waals surface area contributed by atoms with Gasteiger partial charge in [0.2, 0.25) is 0 Å². The second kappa shape index (κ2) is 6.31. The molecule has 1 fully saturated rings. The van der Waals surface area contributed by atoms with E-state index < -0.39 is 0 Å². The van der Waals surface area contributed by atoms with Crippen LogP contribution in [0.4, 0.5) is 4.39 Å². The minimum atomic E-state index is -0.351. The van der Waals surface area contributed by atoms with Gasteiger partial charge >= 0.3 is 5.97 Å². The molecule has 128 valence electrons. The molecule has 0 N–H and O–H groups in total. The number of hydrogen-bond donors (Lipinski definition) is 0. The van der Waals surface area contributed by atoms with E-state index in [1.807, 2.05) is 16.7 Å². The second-order valence-corrected chi connectivity index (χ2v) is 6.35. The molecule has 0 amide bonds. The minimum Gasteiger partial charge on any atom is -0.462 e. The summed E-state index contributed by atoms with van der Waals surface area (Å²) in [6.07, 6.45) is 2.21. The molecule has 0 bridgehead atoms. The van der Waals surface area contributed by atoms with Gasteiger partial charge < -0.3 is 9.30 Å². The maximum atomic E-state index is 14.1. The number of ether oxygens (including phenoxy) is 1. The zero-order valence-corrected chi connectivity index (χ0v) is 14.0. The van der Waals surface area contributed by atoms with Gasteiger partial charge in [0.15, 0.2) is 0 Å². The van der Waals surface area contributed by atoms with Crippen molar-refractivity contribution in [2.24, 2.45) is 0 Å². The van der Waals surface area contributed by atoms with Gasteiger partial charge in [-0.05, 0) is 44.0 Å². The van der Waals surface area contributed by atoms with Crippen LogP contribution in [0.2, 0.25) is 0 Å². The van der Waals surface area contributed by atoms with E-state index in [2.05, 4.69) is 0 Å². The average Bonchev–Trinajstić information content (AvgIpc) is 3.40. The van der Waals surface area contributed by atoms with Crippen molar-refractivity contribution < 1.29 is 13.9 Å². The standard InChI is InChI=1S/C20H19FN2O2/c1-2-25-20(24)14-9-10-17-18(11-14)23(19(22-17)13-7-8-13)12-15-5-3-4-6-16(15)21/h3-6,9-11,13H,2,7-8,12H2,1H3. The van der Waals surface area contributed by atoms with E-state index in [1.54, 1.807) is 31.2 Å². The fraction of sp³-hybridized carbons (Fsp3) is 0.300. The first-order valence-corrected chi connectivity index (χ1v) is 8.58. The fourth-order valence-electron chi connectivity index (χ4n) is 3.10. The lowest BCUT2D eigenvalue weighted by Crippen LogP contribution is -2.07. The van der Waals surface area contributed by atoms with Gasteiger partial charge in [-0.1, -0.05) is 18.2 Å². The summed E-state index contributed by atoms with van der Waals surface area (Å²) in [7, 11) is 0. The van der Waals surface area contributed by atoms with E-state index in [9.17, 15) is 9.18 Å². The van der Waals surface area contributed by atoms with Crippen LogP contribution in [0.1, 0.15) is 47.4 Å². The van der Waals surface area contributed by atoms with E-state index in [-0.39, 0.29) is 11.8 Å². The van der Waals surface area contributed by atoms with Crippen LogP contribution in [0, 0.1) is 5.82 Å². The largest absolute Gasteiger partial charge is 0.462 e. The predicted molar refractivity (Wildman–Crippen MR) is 93.2 cm³/mol. The number of rotatable bonds is 5. The molecule has 0 atom stereocenters. The SMILES string of the molecule is CCOC(=O)c1ccc2nc(C3CC3)n(Cc3ccccc3F)c2c1. The molecule has 2 aromatic carbocycles. The average molecular weight is 338 g/mol. The van der Waals surface area contributed by atoms with Gasteiger partial charge in [0.25, 0.3) is 0 Å². The van der Waals surface area contributed by atoms with Crippen LogP contribution >= 0.6 is 0 Å². The molecule has 1 aliphatic carbocycles. The quantitative estimate of drug-likeness (QED) is 0.652. The summed E-state index contributed by atoms with van der Waals surface area (Å²) < 4.78 is 21.3. The number of imidazole rings is 1. The number of aromatic nitrogens is 2. The van der Waals surface area contributed by atoms with Crippen molar-refractivity contribution in [3.8, 4) is 0 Å². The molecule has 0 aliphatic heterocycles. The second-order valence-electron chi connectivity index (χ2n) is 6.35. The van der Waals surface area contributed by atoms with E-state index in [0.29, 0.717) is 30.2 Å². The fourth-order valence-corrected chi connectivity index (χ4v) is 3.10. The molecule has 0 spiro atoms. The normalized spacial score (nSPS) is 14.0. The Morgan fingerprint density at radius 3 is 2.80 bits per heavy atom. The molecule has 3 aromatic rings. The van der Waals surface area contributed by atoms with Crippen molar-refractivity contribution >= 4 is 17.0 Å². The molecule has 4 nitrogen and oxygen atoms in total. The van der Waals surface area contributed by atoms with Gasteiger partial charge in [-0.25, -0.2) is 14.2 Å². The molecular weight excluding hydrogens is 319 g/mol. The lowest BCUT2D eigenvalue weighted by Gasteiger charge is -2.10. The molecular formula is C20H19FN2O2. The van der Waals surface area contributed by atoms with Gasteiger partial charge in [-0.3, -0.25) is 0 Å². The summed E-state index contributed by atoms with van der Waals surface area (Å²) in [6, 6.07) is 12.1. The van der Waals surface area contributed by atoms with Crippen molar-refractivity contribution in [1.82, 2.24) is 9.55 Å². The Balaban J connectivity index is 1.81. The van der Waals surface area contributed by atoms with Crippen molar-refractivity contribution in [2.45, 2.75) is 32.2 Å². The summed E-state index contributed by atoms with van der Waals surface area (Å²) in [4.78, 5) is 16.8. The molecule has 1 heterocycles. The van der Waals surface area contributed by atoms with E-state index >= 15 is 0 Å². The molecule has 1 saturated carbocycles. The van der Waals surface area contributed by atoms with Crippen LogP contribution in [0.3, 0.4) is 0 Å². The van der Waals surface area contributed by atoms with Gasteiger partial charge in [0, 0.05) is 11.5 Å². The van der Waals surface area contributed by atoms with Crippen LogP contribution in [0.25, 0.3) is 11.0 Å². The van der Waals surface area contributed by atoms with Crippen LogP contribution in [-0.4, -0.2) is 22.1 Å². The first-order valence-electron chi connectivity index (χ1n) is 8.58. The molecule has 25 heavy (non-hydrogen) atoms. The number of nitrogens with zero attached hydrogens (tertiary/aromatic N) is 2. The summed E-state index contributed by atoms with van der Waals surface area (Å²) in [5.41, 5.74) is 2.78. The highest BCUT2D eigenvalue weighted by molar-refractivity contribution is 5.93. The number of esters is 1.